The minimum atomic E-state index is -0.497. The van der Waals surface area contributed by atoms with Gasteiger partial charge in [-0.3, -0.25) is 4.79 Å². The third kappa shape index (κ3) is 7.16. The second-order valence-corrected chi connectivity index (χ2v) is 9.06. The molecule has 35 heavy (non-hydrogen) atoms. The van der Waals surface area contributed by atoms with E-state index >= 15 is 0 Å². The van der Waals surface area contributed by atoms with Crippen LogP contribution in [0.15, 0.2) is 54.6 Å². The van der Waals surface area contributed by atoms with Crippen LogP contribution in [0.2, 0.25) is 0 Å². The quantitative estimate of drug-likeness (QED) is 0.529. The molecule has 186 valence electrons. The van der Waals surface area contributed by atoms with Gasteiger partial charge in [-0.2, -0.15) is 4.80 Å². The molecule has 0 spiro atoms. The Bertz CT molecular complexity index is 1120. The molecule has 3 aromatic rings. The summed E-state index contributed by atoms with van der Waals surface area (Å²) in [4.78, 5) is 29.9. The molecule has 0 saturated carbocycles. The fourth-order valence-corrected chi connectivity index (χ4v) is 3.57. The van der Waals surface area contributed by atoms with Gasteiger partial charge in [0.1, 0.15) is 12.1 Å². The predicted molar refractivity (Wildman–Crippen MR) is 128 cm³/mol. The first-order valence-corrected chi connectivity index (χ1v) is 11.2. The Hall–Kier alpha value is -3.66. The van der Waals surface area contributed by atoms with Gasteiger partial charge in [-0.25, -0.2) is 4.79 Å². The predicted octanol–water partition coefficient (Wildman–Crippen LogP) is 0.0399. The number of halogens is 1. The highest BCUT2D eigenvalue weighted by Gasteiger charge is 2.26. The summed E-state index contributed by atoms with van der Waals surface area (Å²) in [6.07, 6.45) is -0.275. The minimum absolute atomic E-state index is 0. The lowest BCUT2D eigenvalue weighted by Gasteiger charge is -2.36. The zero-order valence-corrected chi connectivity index (χ0v) is 20.8. The number of carbonyl (C=O) groups is 2. The Labute approximate surface area is 210 Å². The minimum Gasteiger partial charge on any atom is -1.00 e. The molecule has 4 rings (SSSR count). The zero-order chi connectivity index (χ0) is 24.1. The van der Waals surface area contributed by atoms with Gasteiger partial charge in [0, 0.05) is 43.1 Å². The van der Waals surface area contributed by atoms with Crippen LogP contribution in [-0.4, -0.2) is 68.9 Å². The molecular formula is C24H29ClN7O3-. The Balaban J connectivity index is 0.00000342. The number of amides is 2. The summed E-state index contributed by atoms with van der Waals surface area (Å²) >= 11 is 0. The summed E-state index contributed by atoms with van der Waals surface area (Å²) in [6, 6.07) is 17.1. The number of tetrazole rings is 1. The molecule has 0 atom stereocenters. The average Bonchev–Trinajstić information content (AvgIpc) is 3.27. The monoisotopic (exact) mass is 498 g/mol. The molecule has 0 aliphatic carbocycles. The maximum absolute atomic E-state index is 12.4. The third-order valence-electron chi connectivity index (χ3n) is 5.22. The summed E-state index contributed by atoms with van der Waals surface area (Å²) in [5.41, 5.74) is 2.07. The lowest BCUT2D eigenvalue weighted by molar-refractivity contribution is -0.117. The van der Waals surface area contributed by atoms with Crippen LogP contribution in [0.5, 0.6) is 0 Å². The SMILES string of the molecule is CC(C)(C)OC(=O)N1CCN(c2ccc(NC(=O)Cn3nnc(-c4ccccc4)n3)cc2)CC1.[Cl-]. The Morgan fingerprint density at radius 3 is 2.26 bits per heavy atom. The number of nitrogens with zero attached hydrogens (tertiary/aromatic N) is 6. The number of ether oxygens (including phenoxy) is 1. The molecule has 2 heterocycles. The van der Waals surface area contributed by atoms with E-state index in [1.807, 2.05) is 75.4 Å². The highest BCUT2D eigenvalue weighted by molar-refractivity contribution is 5.90. The van der Waals surface area contributed by atoms with Crippen LogP contribution in [0.25, 0.3) is 11.4 Å². The van der Waals surface area contributed by atoms with Crippen LogP contribution in [0.4, 0.5) is 16.2 Å². The first kappa shape index (κ1) is 26.0. The maximum Gasteiger partial charge on any atom is 0.410 e. The summed E-state index contributed by atoms with van der Waals surface area (Å²) in [7, 11) is 0. The van der Waals surface area contributed by atoms with Gasteiger partial charge >= 0.3 is 6.09 Å². The number of piperazine rings is 1. The van der Waals surface area contributed by atoms with E-state index in [1.165, 1.54) is 4.80 Å². The number of aromatic nitrogens is 4. The second kappa shape index (κ2) is 11.2. The van der Waals surface area contributed by atoms with Gasteiger partial charge in [-0.05, 0) is 50.3 Å². The first-order valence-electron chi connectivity index (χ1n) is 11.2. The van der Waals surface area contributed by atoms with Crippen molar-refractivity contribution in [1.29, 1.82) is 0 Å². The molecular weight excluding hydrogens is 470 g/mol. The maximum atomic E-state index is 12.4. The molecule has 1 aliphatic rings. The van der Waals surface area contributed by atoms with Gasteiger partial charge < -0.3 is 32.3 Å². The van der Waals surface area contributed by atoms with Crippen molar-refractivity contribution in [3.05, 3.63) is 54.6 Å². The van der Waals surface area contributed by atoms with Gasteiger partial charge in [-0.1, -0.05) is 30.3 Å². The van der Waals surface area contributed by atoms with Gasteiger partial charge in [0.05, 0.1) is 0 Å². The van der Waals surface area contributed by atoms with E-state index in [1.54, 1.807) is 4.90 Å². The van der Waals surface area contributed by atoms with Gasteiger partial charge in [0.15, 0.2) is 0 Å². The number of hydrogen-bond donors (Lipinski definition) is 1. The van der Waals surface area contributed by atoms with Crippen LogP contribution in [0.1, 0.15) is 20.8 Å². The van der Waals surface area contributed by atoms with E-state index in [0.717, 1.165) is 11.3 Å². The Kier molecular flexibility index (Phi) is 8.29. The zero-order valence-electron chi connectivity index (χ0n) is 20.0. The van der Waals surface area contributed by atoms with Crippen molar-refractivity contribution in [2.45, 2.75) is 32.9 Å². The second-order valence-electron chi connectivity index (χ2n) is 9.06. The molecule has 10 nitrogen and oxygen atoms in total. The van der Waals surface area contributed by atoms with Crippen molar-refractivity contribution in [1.82, 2.24) is 25.1 Å². The lowest BCUT2D eigenvalue weighted by atomic mass is 10.2. The molecule has 0 radical (unpaired) electrons. The summed E-state index contributed by atoms with van der Waals surface area (Å²) in [5.74, 6) is 0.236. The van der Waals surface area contributed by atoms with Crippen LogP contribution < -0.4 is 22.6 Å². The summed E-state index contributed by atoms with van der Waals surface area (Å²) in [5, 5.41) is 15.1. The number of benzene rings is 2. The van der Waals surface area contributed by atoms with Crippen molar-refractivity contribution in [3.63, 3.8) is 0 Å². The molecule has 1 fully saturated rings. The van der Waals surface area contributed by atoms with E-state index in [9.17, 15) is 9.59 Å². The fraction of sp³-hybridized carbons (Fsp3) is 0.375. The summed E-state index contributed by atoms with van der Waals surface area (Å²) < 4.78 is 5.45. The average molecular weight is 499 g/mol. The van der Waals surface area contributed by atoms with E-state index in [-0.39, 0.29) is 31.0 Å². The van der Waals surface area contributed by atoms with Gasteiger partial charge in [-0.15, -0.1) is 10.2 Å². The summed E-state index contributed by atoms with van der Waals surface area (Å²) in [6.45, 7) is 8.20. The highest BCUT2D eigenvalue weighted by atomic mass is 35.5. The van der Waals surface area contributed by atoms with Crippen LogP contribution >= 0.6 is 0 Å². The number of carbonyl (C=O) groups excluding carboxylic acids is 2. The third-order valence-corrected chi connectivity index (χ3v) is 5.22. The molecule has 0 unspecified atom stereocenters. The Morgan fingerprint density at radius 2 is 1.63 bits per heavy atom. The molecule has 2 aromatic carbocycles. The van der Waals surface area contributed by atoms with E-state index in [0.29, 0.717) is 37.7 Å². The van der Waals surface area contributed by atoms with E-state index in [4.69, 9.17) is 4.74 Å². The van der Waals surface area contributed by atoms with Crippen LogP contribution in [0, 0.1) is 0 Å². The lowest BCUT2D eigenvalue weighted by Crippen LogP contribution is -3.00. The molecule has 1 saturated heterocycles. The van der Waals surface area contributed by atoms with Crippen molar-refractivity contribution in [2.75, 3.05) is 36.4 Å². The number of rotatable bonds is 5. The topological polar surface area (TPSA) is 105 Å². The number of nitrogens with one attached hydrogen (secondary N) is 1. The van der Waals surface area contributed by atoms with Crippen LogP contribution in [-0.2, 0) is 16.1 Å². The van der Waals surface area contributed by atoms with E-state index < -0.39 is 5.60 Å². The standard InChI is InChI=1S/C24H29N7O3.ClH/c1-24(2,3)34-23(33)30-15-13-29(14-16-30)20-11-9-19(10-12-20)25-21(32)17-31-27-22(26-28-31)18-7-5-4-6-8-18;/h4-12H,13-17H2,1-3H3,(H,25,32);1H/p-1. The molecule has 1 aliphatic heterocycles. The molecule has 2 amide bonds. The highest BCUT2D eigenvalue weighted by Crippen LogP contribution is 2.20. The first-order chi connectivity index (χ1) is 16.3. The van der Waals surface area contributed by atoms with E-state index in [2.05, 4.69) is 25.6 Å². The number of hydrogen-bond acceptors (Lipinski definition) is 7. The molecule has 1 aromatic heterocycles. The van der Waals surface area contributed by atoms with Crippen molar-refractivity contribution in [2.24, 2.45) is 0 Å². The molecule has 0 bridgehead atoms. The fourth-order valence-electron chi connectivity index (χ4n) is 3.57. The van der Waals surface area contributed by atoms with Gasteiger partial charge in [0.25, 0.3) is 0 Å². The number of anilines is 2. The molecule has 1 N–H and O–H groups in total. The van der Waals surface area contributed by atoms with Crippen molar-refractivity contribution in [3.8, 4) is 11.4 Å². The van der Waals surface area contributed by atoms with Crippen molar-refractivity contribution < 1.29 is 26.7 Å². The normalized spacial score (nSPS) is 13.7. The smallest absolute Gasteiger partial charge is 0.410 e. The largest absolute Gasteiger partial charge is 1.00 e. The van der Waals surface area contributed by atoms with Crippen LogP contribution in [0.3, 0.4) is 0 Å². The van der Waals surface area contributed by atoms with Gasteiger partial charge in [0.2, 0.25) is 11.7 Å². The van der Waals surface area contributed by atoms with Crippen molar-refractivity contribution >= 4 is 23.4 Å². The molecule has 11 heteroatoms. The Morgan fingerprint density at radius 1 is 0.971 bits per heavy atom.